The molecule has 0 saturated carbocycles. The highest BCUT2D eigenvalue weighted by atomic mass is 127. The predicted octanol–water partition coefficient (Wildman–Crippen LogP) is 4.49. The molecule has 0 aliphatic rings. The molecule has 0 bridgehead atoms. The van der Waals surface area contributed by atoms with E-state index in [-0.39, 0.29) is 0 Å². The fourth-order valence-corrected chi connectivity index (χ4v) is 2.59. The third-order valence-electron chi connectivity index (χ3n) is 3.25. The highest BCUT2D eigenvalue weighted by Crippen LogP contribution is 2.30. The maximum atomic E-state index is 5.82. The Morgan fingerprint density at radius 2 is 2.06 bits per heavy atom. The van der Waals surface area contributed by atoms with Gasteiger partial charge in [-0.25, -0.2) is 9.97 Å². The van der Waals surface area contributed by atoms with Crippen molar-refractivity contribution < 1.29 is 4.42 Å². The summed E-state index contributed by atoms with van der Waals surface area (Å²) in [7, 11) is 0. The van der Waals surface area contributed by atoms with Crippen molar-refractivity contribution in [2.45, 2.75) is 26.2 Å². The molecule has 2 aromatic heterocycles. The van der Waals surface area contributed by atoms with Crippen LogP contribution in [-0.2, 0) is 0 Å². The molecule has 3 rings (SSSR count). The van der Waals surface area contributed by atoms with E-state index >= 15 is 0 Å². The van der Waals surface area contributed by atoms with Crippen molar-refractivity contribution in [1.29, 1.82) is 0 Å². The first kappa shape index (κ1) is 11.9. The van der Waals surface area contributed by atoms with E-state index in [9.17, 15) is 0 Å². The number of benzene rings is 1. The minimum absolute atomic E-state index is 0.372. The van der Waals surface area contributed by atoms with Crippen LogP contribution in [0.4, 0.5) is 0 Å². The largest absolute Gasteiger partial charge is 0.452 e. The highest BCUT2D eigenvalue weighted by Gasteiger charge is 2.16. The molecule has 0 aliphatic heterocycles. The summed E-state index contributed by atoms with van der Waals surface area (Å²) in [6.07, 6.45) is 1.04. The minimum atomic E-state index is 0.372. The first-order chi connectivity index (χ1) is 8.70. The van der Waals surface area contributed by atoms with Crippen molar-refractivity contribution in [1.82, 2.24) is 9.97 Å². The maximum absolute atomic E-state index is 5.82. The lowest BCUT2D eigenvalue weighted by Gasteiger charge is -2.06. The SMILES string of the molecule is CCC(C)c1nc(I)c2oc3ccccc3c2n1. The van der Waals surface area contributed by atoms with Crippen LogP contribution in [0, 0.1) is 3.70 Å². The van der Waals surface area contributed by atoms with Crippen molar-refractivity contribution in [2.24, 2.45) is 0 Å². The van der Waals surface area contributed by atoms with Gasteiger partial charge in [0.25, 0.3) is 0 Å². The van der Waals surface area contributed by atoms with E-state index in [4.69, 9.17) is 4.42 Å². The average molecular weight is 352 g/mol. The molecule has 1 atom stereocenters. The molecule has 1 aromatic carbocycles. The van der Waals surface area contributed by atoms with Crippen molar-refractivity contribution in [2.75, 3.05) is 0 Å². The summed E-state index contributed by atoms with van der Waals surface area (Å²) in [5, 5.41) is 1.07. The second kappa shape index (κ2) is 4.50. The Bertz CT molecular complexity index is 720. The number of halogens is 1. The van der Waals surface area contributed by atoms with Crippen LogP contribution in [0.15, 0.2) is 28.7 Å². The van der Waals surface area contributed by atoms with Crippen LogP contribution in [0.1, 0.15) is 32.0 Å². The molecular weight excluding hydrogens is 339 g/mol. The summed E-state index contributed by atoms with van der Waals surface area (Å²) in [4.78, 5) is 9.23. The number of furan rings is 1. The van der Waals surface area contributed by atoms with E-state index < -0.39 is 0 Å². The van der Waals surface area contributed by atoms with Crippen LogP contribution in [0.5, 0.6) is 0 Å². The fraction of sp³-hybridized carbons (Fsp3) is 0.286. The number of hydrogen-bond acceptors (Lipinski definition) is 3. The van der Waals surface area contributed by atoms with E-state index in [1.54, 1.807) is 0 Å². The molecular formula is C14H13IN2O. The van der Waals surface area contributed by atoms with Gasteiger partial charge < -0.3 is 4.42 Å². The normalized spacial score (nSPS) is 13.3. The summed E-state index contributed by atoms with van der Waals surface area (Å²) in [6, 6.07) is 8.00. The number of fused-ring (bicyclic) bond motifs is 3. The third kappa shape index (κ3) is 1.79. The quantitative estimate of drug-likeness (QED) is 0.504. The summed E-state index contributed by atoms with van der Waals surface area (Å²) < 4.78 is 6.71. The Hall–Kier alpha value is -1.17. The van der Waals surface area contributed by atoms with Gasteiger partial charge in [0.05, 0.1) is 0 Å². The topological polar surface area (TPSA) is 38.9 Å². The minimum Gasteiger partial charge on any atom is -0.452 e. The number of hydrogen-bond donors (Lipinski definition) is 0. The molecule has 0 saturated heterocycles. The van der Waals surface area contributed by atoms with Gasteiger partial charge in [-0.1, -0.05) is 26.0 Å². The third-order valence-corrected chi connectivity index (χ3v) is 3.98. The molecule has 0 amide bonds. The van der Waals surface area contributed by atoms with E-state index in [0.717, 1.165) is 38.0 Å². The smallest absolute Gasteiger partial charge is 0.185 e. The van der Waals surface area contributed by atoms with Gasteiger partial charge in [-0.3, -0.25) is 0 Å². The molecule has 4 heteroatoms. The van der Waals surface area contributed by atoms with E-state index in [0.29, 0.717) is 5.92 Å². The summed E-state index contributed by atoms with van der Waals surface area (Å²) in [5.41, 5.74) is 2.60. The molecule has 18 heavy (non-hydrogen) atoms. The Morgan fingerprint density at radius 1 is 1.28 bits per heavy atom. The summed E-state index contributed by atoms with van der Waals surface area (Å²) in [5.74, 6) is 1.28. The van der Waals surface area contributed by atoms with Crippen LogP contribution in [0.25, 0.3) is 22.1 Å². The lowest BCUT2D eigenvalue weighted by atomic mass is 10.1. The van der Waals surface area contributed by atoms with Gasteiger partial charge in [-0.2, -0.15) is 0 Å². The number of aromatic nitrogens is 2. The monoisotopic (exact) mass is 352 g/mol. The Morgan fingerprint density at radius 3 is 2.83 bits per heavy atom. The summed E-state index contributed by atoms with van der Waals surface area (Å²) in [6.45, 7) is 4.30. The second-order valence-corrected chi connectivity index (χ2v) is 5.48. The van der Waals surface area contributed by atoms with E-state index in [1.165, 1.54) is 0 Å². The van der Waals surface area contributed by atoms with Crippen molar-refractivity contribution in [3.05, 3.63) is 33.8 Å². The standard InChI is InChI=1S/C14H13IN2O/c1-3-8(2)14-16-11-9-6-4-5-7-10(9)18-12(11)13(15)17-14/h4-8H,3H2,1-2H3. The lowest BCUT2D eigenvalue weighted by Crippen LogP contribution is -2.01. The first-order valence-electron chi connectivity index (χ1n) is 6.05. The zero-order valence-electron chi connectivity index (χ0n) is 10.3. The van der Waals surface area contributed by atoms with Crippen LogP contribution >= 0.6 is 22.6 Å². The van der Waals surface area contributed by atoms with Gasteiger partial charge in [-0.05, 0) is 41.1 Å². The Balaban J connectivity index is 2.37. The van der Waals surface area contributed by atoms with E-state index in [1.807, 2.05) is 24.3 Å². The Kier molecular flexibility index (Phi) is 2.97. The molecule has 92 valence electrons. The maximum Gasteiger partial charge on any atom is 0.185 e. The van der Waals surface area contributed by atoms with Crippen LogP contribution in [-0.4, -0.2) is 9.97 Å². The van der Waals surface area contributed by atoms with E-state index in [2.05, 4.69) is 46.4 Å². The molecule has 0 fully saturated rings. The molecule has 0 radical (unpaired) electrons. The van der Waals surface area contributed by atoms with Gasteiger partial charge >= 0.3 is 0 Å². The van der Waals surface area contributed by atoms with Crippen molar-refractivity contribution in [3.8, 4) is 0 Å². The lowest BCUT2D eigenvalue weighted by molar-refractivity contribution is 0.649. The van der Waals surface area contributed by atoms with Crippen molar-refractivity contribution >= 4 is 44.7 Å². The molecule has 3 aromatic rings. The zero-order valence-corrected chi connectivity index (χ0v) is 12.4. The van der Waals surface area contributed by atoms with Crippen molar-refractivity contribution in [3.63, 3.8) is 0 Å². The van der Waals surface area contributed by atoms with Crippen LogP contribution in [0.2, 0.25) is 0 Å². The molecule has 2 heterocycles. The summed E-state index contributed by atoms with van der Waals surface area (Å²) >= 11 is 2.22. The van der Waals surface area contributed by atoms with Gasteiger partial charge in [-0.15, -0.1) is 0 Å². The predicted molar refractivity (Wildman–Crippen MR) is 80.7 cm³/mol. The fourth-order valence-electron chi connectivity index (χ4n) is 1.98. The number of para-hydroxylation sites is 1. The van der Waals surface area contributed by atoms with Gasteiger partial charge in [0.2, 0.25) is 0 Å². The molecule has 0 spiro atoms. The zero-order chi connectivity index (χ0) is 12.7. The van der Waals surface area contributed by atoms with Gasteiger partial charge in [0.1, 0.15) is 20.6 Å². The average Bonchev–Trinajstić information content (AvgIpc) is 2.77. The Labute approximate surface area is 119 Å². The van der Waals surface area contributed by atoms with Crippen LogP contribution < -0.4 is 0 Å². The molecule has 0 N–H and O–H groups in total. The van der Waals surface area contributed by atoms with Gasteiger partial charge in [0, 0.05) is 11.3 Å². The molecule has 3 nitrogen and oxygen atoms in total. The number of rotatable bonds is 2. The molecule has 0 aliphatic carbocycles. The van der Waals surface area contributed by atoms with Gasteiger partial charge in [0.15, 0.2) is 5.58 Å². The second-order valence-electron chi connectivity index (χ2n) is 4.46. The number of nitrogens with zero attached hydrogens (tertiary/aromatic N) is 2. The van der Waals surface area contributed by atoms with Crippen LogP contribution in [0.3, 0.4) is 0 Å². The first-order valence-corrected chi connectivity index (χ1v) is 7.13. The highest BCUT2D eigenvalue weighted by molar-refractivity contribution is 14.1. The molecule has 1 unspecified atom stereocenters.